The molecule has 0 spiro atoms. The Morgan fingerprint density at radius 3 is 2.41 bits per heavy atom. The molecular weight excluding hydrogens is 344 g/mol. The van der Waals surface area contributed by atoms with E-state index in [4.69, 9.17) is 5.11 Å². The van der Waals surface area contributed by atoms with E-state index in [0.29, 0.717) is 6.42 Å². The molecule has 0 aliphatic heterocycles. The molecule has 0 unspecified atom stereocenters. The van der Waals surface area contributed by atoms with Gasteiger partial charge in [0.2, 0.25) is 0 Å². The first kappa shape index (κ1) is 23.1. The number of rotatable bonds is 12. The summed E-state index contributed by atoms with van der Waals surface area (Å²) in [7, 11) is 0. The Morgan fingerprint density at radius 1 is 1.15 bits per heavy atom. The standard InChI is InChI=1S/C22H32O5/c1-2-3-4-5-6-7-8-9-10-11-17(23)12-13-18-19(14-15-22(26)27)21(25)16-20(18)24/h3-4,6-7,9-10,12-13,17-20,23-24H,2,5,8,11,14-16H2,1H3,(H,26,27)/b4-3-,7-6+,10-9-,13-12+/t17-,18+,19+,20-/m1/s1. The predicted octanol–water partition coefficient (Wildman–Crippen LogP) is 3.58. The van der Waals surface area contributed by atoms with Crippen molar-refractivity contribution in [1.82, 2.24) is 0 Å². The second-order valence-corrected chi connectivity index (χ2v) is 6.84. The molecule has 0 aromatic rings. The fourth-order valence-electron chi connectivity index (χ4n) is 3.15. The largest absolute Gasteiger partial charge is 0.481 e. The van der Waals surface area contributed by atoms with Crippen molar-refractivity contribution in [3.05, 3.63) is 48.6 Å². The van der Waals surface area contributed by atoms with E-state index in [0.717, 1.165) is 19.3 Å². The second kappa shape index (κ2) is 13.2. The molecule has 0 radical (unpaired) electrons. The average molecular weight is 376 g/mol. The first-order valence-electron chi connectivity index (χ1n) is 9.69. The zero-order valence-electron chi connectivity index (χ0n) is 16.0. The van der Waals surface area contributed by atoms with Crippen LogP contribution >= 0.6 is 0 Å². The molecule has 0 aromatic heterocycles. The van der Waals surface area contributed by atoms with Crippen LogP contribution in [0, 0.1) is 11.8 Å². The Kier molecular flexibility index (Phi) is 11.3. The summed E-state index contributed by atoms with van der Waals surface area (Å²) >= 11 is 0. The quantitative estimate of drug-likeness (QED) is 0.453. The van der Waals surface area contributed by atoms with E-state index in [1.54, 1.807) is 12.2 Å². The van der Waals surface area contributed by atoms with Gasteiger partial charge in [0.25, 0.3) is 0 Å². The lowest BCUT2D eigenvalue weighted by atomic mass is 9.89. The Bertz CT molecular complexity index is 573. The van der Waals surface area contributed by atoms with Gasteiger partial charge in [-0.15, -0.1) is 0 Å². The van der Waals surface area contributed by atoms with E-state index >= 15 is 0 Å². The van der Waals surface area contributed by atoms with Gasteiger partial charge in [-0.3, -0.25) is 9.59 Å². The van der Waals surface area contributed by atoms with Crippen molar-refractivity contribution >= 4 is 11.8 Å². The minimum atomic E-state index is -0.951. The lowest BCUT2D eigenvalue weighted by Crippen LogP contribution is -2.20. The molecule has 1 aliphatic rings. The van der Waals surface area contributed by atoms with E-state index in [9.17, 15) is 19.8 Å². The summed E-state index contributed by atoms with van der Waals surface area (Å²) in [6.45, 7) is 2.10. The minimum absolute atomic E-state index is 0.0507. The van der Waals surface area contributed by atoms with Crippen molar-refractivity contribution < 1.29 is 24.9 Å². The van der Waals surface area contributed by atoms with Gasteiger partial charge in [-0.1, -0.05) is 55.5 Å². The molecule has 1 saturated carbocycles. The molecule has 0 heterocycles. The number of aliphatic hydroxyl groups excluding tert-OH is 2. The molecule has 4 atom stereocenters. The molecule has 0 amide bonds. The number of ketones is 1. The fourth-order valence-corrected chi connectivity index (χ4v) is 3.15. The average Bonchev–Trinajstić information content (AvgIpc) is 2.89. The maximum Gasteiger partial charge on any atom is 0.303 e. The highest BCUT2D eigenvalue weighted by molar-refractivity contribution is 5.85. The summed E-state index contributed by atoms with van der Waals surface area (Å²) in [5, 5.41) is 28.9. The fraction of sp³-hybridized carbons (Fsp3) is 0.545. The highest BCUT2D eigenvalue weighted by Gasteiger charge is 2.39. The van der Waals surface area contributed by atoms with Gasteiger partial charge in [-0.2, -0.15) is 0 Å². The SMILES string of the molecule is CC/C=C\C/C=C/C/C=C\C[C@@H](O)/C=C/[C@@H]1[C@H](O)CC(=O)[C@H]1CCC(=O)O. The van der Waals surface area contributed by atoms with Gasteiger partial charge in [0.1, 0.15) is 5.78 Å². The zero-order valence-corrected chi connectivity index (χ0v) is 16.0. The lowest BCUT2D eigenvalue weighted by molar-refractivity contribution is -0.137. The summed E-state index contributed by atoms with van der Waals surface area (Å²) in [6, 6.07) is 0. The van der Waals surface area contributed by atoms with Crippen LogP contribution in [0.25, 0.3) is 0 Å². The molecule has 0 saturated heterocycles. The normalized spacial score (nSPS) is 24.9. The third-order valence-corrected chi connectivity index (χ3v) is 4.62. The monoisotopic (exact) mass is 376 g/mol. The molecule has 3 N–H and O–H groups in total. The van der Waals surface area contributed by atoms with Crippen LogP contribution < -0.4 is 0 Å². The van der Waals surface area contributed by atoms with Gasteiger partial charge >= 0.3 is 5.97 Å². The molecule has 5 nitrogen and oxygen atoms in total. The van der Waals surface area contributed by atoms with Gasteiger partial charge in [0.15, 0.2) is 0 Å². The minimum Gasteiger partial charge on any atom is -0.481 e. The van der Waals surface area contributed by atoms with Crippen LogP contribution in [0.1, 0.15) is 51.9 Å². The van der Waals surface area contributed by atoms with Crippen molar-refractivity contribution in [2.45, 2.75) is 64.1 Å². The molecule has 0 aromatic carbocycles. The number of allylic oxidation sites excluding steroid dienone is 5. The number of carboxylic acid groups (broad SMARTS) is 1. The Morgan fingerprint density at radius 2 is 1.78 bits per heavy atom. The lowest BCUT2D eigenvalue weighted by Gasteiger charge is -2.17. The Balaban J connectivity index is 2.40. The third kappa shape index (κ3) is 9.50. The van der Waals surface area contributed by atoms with E-state index in [1.165, 1.54) is 0 Å². The molecule has 150 valence electrons. The molecular formula is C22H32O5. The molecule has 1 rings (SSSR count). The third-order valence-electron chi connectivity index (χ3n) is 4.62. The van der Waals surface area contributed by atoms with Gasteiger partial charge in [0, 0.05) is 24.7 Å². The van der Waals surface area contributed by atoms with Crippen molar-refractivity contribution in [3.8, 4) is 0 Å². The van der Waals surface area contributed by atoms with Gasteiger partial charge < -0.3 is 15.3 Å². The van der Waals surface area contributed by atoms with Crippen molar-refractivity contribution in [1.29, 1.82) is 0 Å². The van der Waals surface area contributed by atoms with E-state index in [-0.39, 0.29) is 25.0 Å². The number of hydrogen-bond acceptors (Lipinski definition) is 4. The number of aliphatic hydroxyl groups is 2. The van der Waals surface area contributed by atoms with Crippen molar-refractivity contribution in [3.63, 3.8) is 0 Å². The second-order valence-electron chi connectivity index (χ2n) is 6.84. The molecule has 1 fully saturated rings. The number of Topliss-reactive ketones (excluding diaryl/α,β-unsaturated/α-hetero) is 1. The van der Waals surface area contributed by atoms with Crippen LogP contribution in [0.15, 0.2) is 48.6 Å². The maximum absolute atomic E-state index is 11.9. The molecule has 0 bridgehead atoms. The van der Waals surface area contributed by atoms with Crippen LogP contribution in [0.4, 0.5) is 0 Å². The summed E-state index contributed by atoms with van der Waals surface area (Å²) in [4.78, 5) is 22.7. The first-order valence-corrected chi connectivity index (χ1v) is 9.69. The number of aliphatic carboxylic acids is 1. The number of hydrogen-bond donors (Lipinski definition) is 3. The first-order chi connectivity index (χ1) is 13.0. The summed E-state index contributed by atoms with van der Waals surface area (Å²) in [6.07, 6.45) is 17.5. The predicted molar refractivity (Wildman–Crippen MR) is 106 cm³/mol. The van der Waals surface area contributed by atoms with Gasteiger partial charge in [-0.05, 0) is 32.1 Å². The zero-order chi connectivity index (χ0) is 20.1. The summed E-state index contributed by atoms with van der Waals surface area (Å²) in [5.41, 5.74) is 0. The number of carbonyl (C=O) groups is 2. The van der Waals surface area contributed by atoms with Crippen LogP contribution in [-0.4, -0.2) is 39.3 Å². The van der Waals surface area contributed by atoms with Gasteiger partial charge in [0.05, 0.1) is 12.2 Å². The Labute approximate surface area is 161 Å². The molecule has 27 heavy (non-hydrogen) atoms. The van der Waals surface area contributed by atoms with Crippen LogP contribution in [0.2, 0.25) is 0 Å². The van der Waals surface area contributed by atoms with Crippen molar-refractivity contribution in [2.75, 3.05) is 0 Å². The number of carboxylic acids is 1. The van der Waals surface area contributed by atoms with Crippen LogP contribution in [-0.2, 0) is 9.59 Å². The topological polar surface area (TPSA) is 94.8 Å². The molecule has 1 aliphatic carbocycles. The summed E-state index contributed by atoms with van der Waals surface area (Å²) < 4.78 is 0. The number of carbonyl (C=O) groups excluding carboxylic acids is 1. The Hall–Kier alpha value is -1.98. The summed E-state index contributed by atoms with van der Waals surface area (Å²) in [5.74, 6) is -1.96. The molecule has 5 heteroatoms. The van der Waals surface area contributed by atoms with E-state index < -0.39 is 30.0 Å². The smallest absolute Gasteiger partial charge is 0.303 e. The van der Waals surface area contributed by atoms with Crippen LogP contribution in [0.5, 0.6) is 0 Å². The van der Waals surface area contributed by atoms with E-state index in [1.807, 2.05) is 12.2 Å². The highest BCUT2D eigenvalue weighted by Crippen LogP contribution is 2.33. The van der Waals surface area contributed by atoms with Gasteiger partial charge in [-0.25, -0.2) is 0 Å². The highest BCUT2D eigenvalue weighted by atomic mass is 16.4. The van der Waals surface area contributed by atoms with Crippen molar-refractivity contribution in [2.24, 2.45) is 11.8 Å². The maximum atomic E-state index is 11.9. The van der Waals surface area contributed by atoms with E-state index in [2.05, 4.69) is 31.2 Å². The van der Waals surface area contributed by atoms with Crippen LogP contribution in [0.3, 0.4) is 0 Å².